The maximum atomic E-state index is 2.52. The molecule has 0 unspecified atom stereocenters. The first-order valence-corrected chi connectivity index (χ1v) is 57.6. The molecule has 0 heteroatoms. The summed E-state index contributed by atoms with van der Waals surface area (Å²) in [6, 6.07) is 67.1. The SMILES string of the molecule is C1CCC2CCCCC2C1.C1CCC2CCCCC2C1.C1CCC2CCCCC2C1.C1CCC2CCCCC2C1.Cc1cc(C)c(-c2cc(-c3c(C)cc(C)cc3C)c3ccc4c(-c5c(C)cc(C)cc5C)cc(-c5c(C)cc(C)cc5C)c5ccc2c3c54)c(C)c1.Cc1cc(C)c(-c2cc(-c3c(C)cc(C)cc3C)c3ccc4c(-c5c(C)cc(C)cc5C)cc(-c5c(C)cc(C)cc5C)c5ccc2c3c54)c(C)c1. The Labute approximate surface area is 869 Å². The molecule has 0 atom stereocenters. The predicted molar refractivity (Wildman–Crippen MR) is 633 cm³/mol. The lowest BCUT2D eigenvalue weighted by Crippen LogP contribution is -2.22. The van der Waals surface area contributed by atoms with E-state index < -0.39 is 0 Å². The summed E-state index contributed by atoms with van der Waals surface area (Å²) in [6.07, 6.45) is 49.4. The van der Waals surface area contributed by atoms with Gasteiger partial charge in [-0.1, -0.05) is 396 Å². The summed E-state index contributed by atoms with van der Waals surface area (Å²) >= 11 is 0. The molecule has 0 aliphatic heterocycles. The molecule has 8 saturated carbocycles. The van der Waals surface area contributed by atoms with E-state index in [1.54, 1.807) is 103 Å². The Balaban J connectivity index is 0.000000130. The summed E-state index contributed by atoms with van der Waals surface area (Å²) in [6.45, 7) is 54.3. The van der Waals surface area contributed by atoms with E-state index in [1.807, 2.05) is 0 Å². The quantitative estimate of drug-likeness (QED) is 0.133. The van der Waals surface area contributed by atoms with E-state index in [0.29, 0.717) is 0 Å². The maximum absolute atomic E-state index is 2.52. The molecule has 748 valence electrons. The Morgan fingerprint density at radius 1 is 0.118 bits per heavy atom. The van der Waals surface area contributed by atoms with Gasteiger partial charge in [-0.25, -0.2) is 0 Å². The fraction of sp³-hybridized carbons (Fsp3) is 0.444. The van der Waals surface area contributed by atoms with Crippen LogP contribution in [-0.4, -0.2) is 0 Å². The van der Waals surface area contributed by atoms with Crippen LogP contribution in [0.5, 0.6) is 0 Å². The highest BCUT2D eigenvalue weighted by Gasteiger charge is 2.34. The number of fused-ring (bicyclic) bond motifs is 4. The lowest BCUT2D eigenvalue weighted by atomic mass is 9.71. The van der Waals surface area contributed by atoms with E-state index >= 15 is 0 Å². The number of hydrogen-bond acceptors (Lipinski definition) is 0. The highest BCUT2D eigenvalue weighted by atomic mass is 14.4. The van der Waals surface area contributed by atoms with Crippen LogP contribution in [0.25, 0.3) is 154 Å². The molecule has 0 nitrogen and oxygen atoms in total. The standard InChI is InChI=1S/2C52H50.4C10H18/c2*1-27-17-31(5)47(32(6)18-27)43-25-44(48-33(7)19-28(2)20-34(48)8)40-15-16-42-46(50-37(11)23-30(4)24-38(50)12)26-45(41-14-13-39(43)51(40)52(41)42)49-35(9)21-29(3)22-36(49)10;4*1-2-6-10-8-4-3-7-9(10)5-1/h2*13-26H,1-12H3;4*9-10H,1-8H2. The Morgan fingerprint density at radius 2 is 0.201 bits per heavy atom. The summed E-state index contributed by atoms with van der Waals surface area (Å²) in [5.41, 5.74) is 53.1. The van der Waals surface area contributed by atoms with Gasteiger partial charge in [0.2, 0.25) is 0 Å². The maximum Gasteiger partial charge on any atom is -0.00139 e. The molecule has 16 aromatic rings. The first-order valence-electron chi connectivity index (χ1n) is 57.6. The van der Waals surface area contributed by atoms with Crippen LogP contribution < -0.4 is 0 Å². The average molecular weight is 1900 g/mol. The topological polar surface area (TPSA) is 0 Å². The highest BCUT2D eigenvalue weighted by molar-refractivity contribution is 6.34. The normalized spacial score (nSPS) is 19.9. The van der Waals surface area contributed by atoms with Crippen LogP contribution >= 0.6 is 0 Å². The lowest BCUT2D eigenvalue weighted by molar-refractivity contribution is 0.171. The lowest BCUT2D eigenvalue weighted by Gasteiger charge is -2.35. The molecule has 144 heavy (non-hydrogen) atoms. The Morgan fingerprint density at radius 3 is 0.285 bits per heavy atom. The van der Waals surface area contributed by atoms with Gasteiger partial charge in [0.15, 0.2) is 0 Å². The summed E-state index contributed by atoms with van der Waals surface area (Å²) < 4.78 is 0. The molecule has 0 radical (unpaired) electrons. The molecule has 16 aromatic carbocycles. The zero-order chi connectivity index (χ0) is 101. The molecule has 0 heterocycles. The van der Waals surface area contributed by atoms with Crippen molar-refractivity contribution in [1.82, 2.24) is 0 Å². The van der Waals surface area contributed by atoms with Crippen molar-refractivity contribution in [1.29, 1.82) is 0 Å². The van der Waals surface area contributed by atoms with Crippen molar-refractivity contribution in [2.24, 2.45) is 47.3 Å². The van der Waals surface area contributed by atoms with Crippen molar-refractivity contribution in [3.05, 3.63) is 303 Å². The molecule has 24 rings (SSSR count). The number of hydrogen-bond donors (Lipinski definition) is 0. The second-order valence-electron chi connectivity index (χ2n) is 48.6. The molecule has 0 aromatic heterocycles. The van der Waals surface area contributed by atoms with E-state index in [2.05, 4.69) is 336 Å². The van der Waals surface area contributed by atoms with Gasteiger partial charge in [0.1, 0.15) is 0 Å². The second kappa shape index (κ2) is 43.6. The van der Waals surface area contributed by atoms with Gasteiger partial charge in [0, 0.05) is 0 Å². The predicted octanol–water partition coefficient (Wildman–Crippen LogP) is 43.4. The van der Waals surface area contributed by atoms with E-state index in [4.69, 9.17) is 0 Å². The first-order chi connectivity index (χ1) is 69.3. The zero-order valence-electron chi connectivity index (χ0n) is 93.4. The minimum Gasteiger partial charge on any atom is -0.0557 e. The summed E-state index contributed by atoms with van der Waals surface area (Å²) in [7, 11) is 0. The van der Waals surface area contributed by atoms with Gasteiger partial charge in [-0.3, -0.25) is 0 Å². The molecule has 0 N–H and O–H groups in total. The average Bonchev–Trinajstić information content (AvgIpc) is 0.702. The third-order valence-corrected chi connectivity index (χ3v) is 37.2. The molecule has 0 amide bonds. The zero-order valence-corrected chi connectivity index (χ0v) is 93.4. The Bertz CT molecular complexity index is 5940. The Hall–Kier alpha value is -10.4. The molecule has 0 spiro atoms. The number of benzene rings is 16. The third-order valence-electron chi connectivity index (χ3n) is 37.2. The molecule has 0 saturated heterocycles. The highest BCUT2D eigenvalue weighted by Crippen LogP contribution is 2.56. The van der Waals surface area contributed by atoms with Crippen LogP contribution in [0.15, 0.2) is 170 Å². The van der Waals surface area contributed by atoms with Gasteiger partial charge in [0.05, 0.1) is 0 Å². The van der Waals surface area contributed by atoms with Crippen LogP contribution in [0.1, 0.15) is 339 Å². The van der Waals surface area contributed by atoms with Crippen molar-refractivity contribution < 1.29 is 0 Å². The van der Waals surface area contributed by atoms with E-state index in [9.17, 15) is 0 Å². The van der Waals surface area contributed by atoms with Crippen molar-refractivity contribution in [2.75, 3.05) is 0 Å². The first kappa shape index (κ1) is 102. The van der Waals surface area contributed by atoms with E-state index in [1.165, 1.54) is 390 Å². The smallest absolute Gasteiger partial charge is 0.00139 e. The fourth-order valence-corrected chi connectivity index (χ4v) is 31.9. The molecular weight excluding hydrogens is 1730 g/mol. The van der Waals surface area contributed by atoms with Crippen molar-refractivity contribution in [2.45, 2.75) is 372 Å². The van der Waals surface area contributed by atoms with Gasteiger partial charge in [-0.15, -0.1) is 0 Å². The summed E-state index contributed by atoms with van der Waals surface area (Å²) in [5.74, 6) is 9.24. The van der Waals surface area contributed by atoms with Crippen LogP contribution in [0.3, 0.4) is 0 Å². The molecular formula is C144H172. The fourth-order valence-electron chi connectivity index (χ4n) is 31.9. The third kappa shape index (κ3) is 20.7. The van der Waals surface area contributed by atoms with Gasteiger partial charge >= 0.3 is 0 Å². The van der Waals surface area contributed by atoms with Crippen molar-refractivity contribution in [3.8, 4) is 89.0 Å². The Kier molecular flexibility index (Phi) is 30.9. The summed E-state index contributed by atoms with van der Waals surface area (Å²) in [5, 5.41) is 16.1. The largest absolute Gasteiger partial charge is 0.0557 e. The van der Waals surface area contributed by atoms with Crippen LogP contribution in [-0.2, 0) is 0 Å². The second-order valence-corrected chi connectivity index (χ2v) is 48.6. The van der Waals surface area contributed by atoms with Gasteiger partial charge < -0.3 is 0 Å². The van der Waals surface area contributed by atoms with E-state index in [-0.39, 0.29) is 0 Å². The van der Waals surface area contributed by atoms with Crippen LogP contribution in [0.2, 0.25) is 0 Å². The minimum atomic E-state index is 1.16. The molecule has 0 bridgehead atoms. The molecule has 8 aliphatic carbocycles. The van der Waals surface area contributed by atoms with Gasteiger partial charge in [-0.2, -0.15) is 0 Å². The molecule has 8 aliphatic rings. The van der Waals surface area contributed by atoms with Crippen molar-refractivity contribution >= 4 is 64.6 Å². The monoisotopic (exact) mass is 1900 g/mol. The summed E-state index contributed by atoms with van der Waals surface area (Å²) in [4.78, 5) is 0. The van der Waals surface area contributed by atoms with Crippen LogP contribution in [0.4, 0.5) is 0 Å². The van der Waals surface area contributed by atoms with Crippen molar-refractivity contribution in [3.63, 3.8) is 0 Å². The van der Waals surface area contributed by atoms with Gasteiger partial charge in [-0.05, 0) is 480 Å². The minimum absolute atomic E-state index is 1.16. The van der Waals surface area contributed by atoms with Crippen LogP contribution in [0, 0.1) is 214 Å². The van der Waals surface area contributed by atoms with Gasteiger partial charge in [0.25, 0.3) is 0 Å². The number of rotatable bonds is 8. The molecule has 8 fully saturated rings. The number of aryl methyl sites for hydroxylation is 24. The van der Waals surface area contributed by atoms with E-state index in [0.717, 1.165) is 47.3 Å².